The summed E-state index contributed by atoms with van der Waals surface area (Å²) in [6, 6.07) is 8.34. The van der Waals surface area contributed by atoms with Crippen LogP contribution in [0.1, 0.15) is 11.1 Å². The first kappa shape index (κ1) is 16.0. The highest BCUT2D eigenvalue weighted by molar-refractivity contribution is 5.64. The molecule has 0 amide bonds. The van der Waals surface area contributed by atoms with Gasteiger partial charge in [0.1, 0.15) is 0 Å². The van der Waals surface area contributed by atoms with Gasteiger partial charge >= 0.3 is 12.3 Å². The van der Waals surface area contributed by atoms with Crippen molar-refractivity contribution in [3.05, 3.63) is 47.5 Å². The highest BCUT2D eigenvalue weighted by atomic mass is 16.7. The number of benzene rings is 2. The van der Waals surface area contributed by atoms with E-state index in [0.717, 1.165) is 0 Å². The Morgan fingerprint density at radius 3 is 1.52 bits per heavy atom. The van der Waals surface area contributed by atoms with Crippen molar-refractivity contribution in [3.63, 3.8) is 0 Å². The van der Waals surface area contributed by atoms with Gasteiger partial charge in [0.2, 0.25) is 0 Å². The standard InChI is InChI=1S/C15H12O8/c16-10-3-1-8(6-12(10)22-14(18)19)5-9-2-4-11(17)13(7-9)23-15(20)21/h1-4,6-7,16-17H,5H2,(H,18,19)(H,20,21). The summed E-state index contributed by atoms with van der Waals surface area (Å²) >= 11 is 0. The maximum Gasteiger partial charge on any atom is 0.511 e. The van der Waals surface area contributed by atoms with Crippen LogP contribution in [0.3, 0.4) is 0 Å². The molecule has 120 valence electrons. The lowest BCUT2D eigenvalue weighted by atomic mass is 10.0. The highest BCUT2D eigenvalue weighted by Crippen LogP contribution is 2.30. The summed E-state index contributed by atoms with van der Waals surface area (Å²) < 4.78 is 8.89. The molecule has 2 aromatic rings. The molecule has 0 saturated heterocycles. The zero-order valence-corrected chi connectivity index (χ0v) is 11.6. The number of hydrogen-bond acceptors (Lipinski definition) is 6. The first-order chi connectivity index (χ1) is 10.8. The van der Waals surface area contributed by atoms with Crippen LogP contribution in [-0.2, 0) is 6.42 Å². The molecule has 0 spiro atoms. The zero-order valence-electron chi connectivity index (χ0n) is 11.6. The van der Waals surface area contributed by atoms with Gasteiger partial charge < -0.3 is 29.9 Å². The molecule has 0 atom stereocenters. The van der Waals surface area contributed by atoms with Crippen LogP contribution < -0.4 is 9.47 Å². The molecule has 8 nitrogen and oxygen atoms in total. The van der Waals surface area contributed by atoms with Crippen molar-refractivity contribution in [2.24, 2.45) is 0 Å². The average molecular weight is 320 g/mol. The van der Waals surface area contributed by atoms with E-state index in [2.05, 4.69) is 9.47 Å². The molecule has 0 heterocycles. The molecule has 0 saturated carbocycles. The van der Waals surface area contributed by atoms with Crippen molar-refractivity contribution in [1.82, 2.24) is 0 Å². The molecule has 0 aliphatic rings. The Kier molecular flexibility index (Phi) is 4.55. The van der Waals surface area contributed by atoms with E-state index < -0.39 is 12.3 Å². The summed E-state index contributed by atoms with van der Waals surface area (Å²) in [5.74, 6) is -1.07. The summed E-state index contributed by atoms with van der Waals surface area (Å²) in [6.45, 7) is 0. The summed E-state index contributed by atoms with van der Waals surface area (Å²) in [6.07, 6.45) is -2.84. The van der Waals surface area contributed by atoms with E-state index >= 15 is 0 Å². The van der Waals surface area contributed by atoms with E-state index in [1.165, 1.54) is 24.3 Å². The topological polar surface area (TPSA) is 134 Å². The molecular formula is C15H12O8. The Morgan fingerprint density at radius 2 is 1.17 bits per heavy atom. The Balaban J connectivity index is 2.25. The minimum Gasteiger partial charge on any atom is -0.504 e. The first-order valence-electron chi connectivity index (χ1n) is 6.30. The van der Waals surface area contributed by atoms with Gasteiger partial charge in [-0.15, -0.1) is 0 Å². The molecule has 0 radical (unpaired) electrons. The smallest absolute Gasteiger partial charge is 0.504 e. The molecule has 2 rings (SSSR count). The number of phenols is 2. The summed E-state index contributed by atoms with van der Waals surface area (Å²) in [5, 5.41) is 36.2. The van der Waals surface area contributed by atoms with Crippen LogP contribution in [0.15, 0.2) is 36.4 Å². The second-order valence-corrected chi connectivity index (χ2v) is 4.52. The molecule has 23 heavy (non-hydrogen) atoms. The fraction of sp³-hybridized carbons (Fsp3) is 0.0667. The summed E-state index contributed by atoms with van der Waals surface area (Å²) in [5.41, 5.74) is 1.21. The van der Waals surface area contributed by atoms with Crippen molar-refractivity contribution in [3.8, 4) is 23.0 Å². The summed E-state index contributed by atoms with van der Waals surface area (Å²) in [7, 11) is 0. The Bertz CT molecular complexity index is 690. The van der Waals surface area contributed by atoms with E-state index in [1.807, 2.05) is 0 Å². The van der Waals surface area contributed by atoms with E-state index in [0.29, 0.717) is 11.1 Å². The number of carbonyl (C=O) groups is 2. The van der Waals surface area contributed by atoms with Crippen molar-refractivity contribution in [1.29, 1.82) is 0 Å². The SMILES string of the molecule is O=C(O)Oc1cc(Cc2ccc(O)c(OC(=O)O)c2)ccc1O. The maximum absolute atomic E-state index is 10.5. The fourth-order valence-corrected chi connectivity index (χ4v) is 1.92. The average Bonchev–Trinajstić information content (AvgIpc) is 2.45. The van der Waals surface area contributed by atoms with Gasteiger partial charge in [-0.1, -0.05) is 12.1 Å². The number of aromatic hydroxyl groups is 2. The van der Waals surface area contributed by atoms with E-state index in [9.17, 15) is 19.8 Å². The Labute approximate surface area is 129 Å². The minimum atomic E-state index is -1.56. The van der Waals surface area contributed by atoms with Gasteiger partial charge in [-0.2, -0.15) is 0 Å². The lowest BCUT2D eigenvalue weighted by molar-refractivity contribution is 0.141. The van der Waals surface area contributed by atoms with Crippen LogP contribution in [0.5, 0.6) is 23.0 Å². The normalized spacial score (nSPS) is 10.1. The monoisotopic (exact) mass is 320 g/mol. The molecule has 0 aliphatic heterocycles. The lowest BCUT2D eigenvalue weighted by Crippen LogP contribution is -2.04. The molecule has 0 aliphatic carbocycles. The maximum atomic E-state index is 10.5. The van der Waals surface area contributed by atoms with E-state index in [4.69, 9.17) is 10.2 Å². The molecular weight excluding hydrogens is 308 g/mol. The van der Waals surface area contributed by atoms with Gasteiger partial charge in [-0.05, 0) is 41.8 Å². The first-order valence-corrected chi connectivity index (χ1v) is 6.30. The van der Waals surface area contributed by atoms with Crippen molar-refractivity contribution >= 4 is 12.3 Å². The minimum absolute atomic E-state index is 0.212. The van der Waals surface area contributed by atoms with Gasteiger partial charge in [0.25, 0.3) is 0 Å². The Morgan fingerprint density at radius 1 is 0.783 bits per heavy atom. The quantitative estimate of drug-likeness (QED) is 0.499. The molecule has 0 aromatic heterocycles. The summed E-state index contributed by atoms with van der Waals surface area (Å²) in [4.78, 5) is 21.1. The third-order valence-electron chi connectivity index (χ3n) is 2.85. The second-order valence-electron chi connectivity index (χ2n) is 4.52. The molecule has 0 unspecified atom stereocenters. The zero-order chi connectivity index (χ0) is 17.0. The molecule has 8 heteroatoms. The number of carboxylic acid groups (broad SMARTS) is 2. The van der Waals surface area contributed by atoms with Crippen LogP contribution in [0.2, 0.25) is 0 Å². The van der Waals surface area contributed by atoms with Gasteiger partial charge in [-0.3, -0.25) is 0 Å². The predicted molar refractivity (Wildman–Crippen MR) is 76.3 cm³/mol. The number of ether oxygens (including phenoxy) is 2. The fourth-order valence-electron chi connectivity index (χ4n) is 1.92. The lowest BCUT2D eigenvalue weighted by Gasteiger charge is -2.09. The van der Waals surface area contributed by atoms with Crippen LogP contribution in [0, 0.1) is 0 Å². The van der Waals surface area contributed by atoms with Gasteiger partial charge in [0.05, 0.1) is 0 Å². The van der Waals surface area contributed by atoms with Crippen LogP contribution in [0.25, 0.3) is 0 Å². The van der Waals surface area contributed by atoms with Gasteiger partial charge in [0.15, 0.2) is 23.0 Å². The highest BCUT2D eigenvalue weighted by Gasteiger charge is 2.11. The predicted octanol–water partition coefficient (Wildman–Crippen LogP) is 2.80. The van der Waals surface area contributed by atoms with Crippen LogP contribution in [0.4, 0.5) is 9.59 Å². The number of phenolic OH excluding ortho intramolecular Hbond substituents is 2. The molecule has 4 N–H and O–H groups in total. The Hall–Kier alpha value is -3.42. The van der Waals surface area contributed by atoms with Crippen LogP contribution in [-0.4, -0.2) is 32.7 Å². The molecule has 2 aromatic carbocycles. The van der Waals surface area contributed by atoms with Crippen LogP contribution >= 0.6 is 0 Å². The van der Waals surface area contributed by atoms with E-state index in [-0.39, 0.29) is 29.4 Å². The van der Waals surface area contributed by atoms with Gasteiger partial charge in [-0.25, -0.2) is 9.59 Å². The van der Waals surface area contributed by atoms with Crippen molar-refractivity contribution in [2.75, 3.05) is 0 Å². The number of hydrogen-bond donors (Lipinski definition) is 4. The second kappa shape index (κ2) is 6.56. The van der Waals surface area contributed by atoms with Crippen molar-refractivity contribution in [2.45, 2.75) is 6.42 Å². The van der Waals surface area contributed by atoms with Crippen molar-refractivity contribution < 1.29 is 39.5 Å². The largest absolute Gasteiger partial charge is 0.511 e. The van der Waals surface area contributed by atoms with Gasteiger partial charge in [0, 0.05) is 0 Å². The third kappa shape index (κ3) is 4.27. The third-order valence-corrected chi connectivity index (χ3v) is 2.85. The molecule has 0 fully saturated rings. The molecule has 0 bridgehead atoms. The number of rotatable bonds is 4. The van der Waals surface area contributed by atoms with E-state index in [1.54, 1.807) is 12.1 Å².